The van der Waals surface area contributed by atoms with Crippen molar-refractivity contribution in [3.63, 3.8) is 0 Å². The van der Waals surface area contributed by atoms with Crippen LogP contribution in [0.25, 0.3) is 11.2 Å². The molecule has 0 aliphatic carbocycles. The van der Waals surface area contributed by atoms with Crippen LogP contribution in [0.1, 0.15) is 25.6 Å². The highest BCUT2D eigenvalue weighted by Crippen LogP contribution is 2.22. The van der Waals surface area contributed by atoms with Gasteiger partial charge in [-0.3, -0.25) is 4.57 Å². The number of methoxy groups -OCH3 is 1. The van der Waals surface area contributed by atoms with Crippen LogP contribution in [0.4, 0.5) is 0 Å². The Bertz CT molecular complexity index is 652. The first kappa shape index (κ1) is 12.8. The number of hydrogen-bond acceptors (Lipinski definition) is 4. The average molecular weight is 268 g/mol. The molecular formula is C11H16N4O2S. The number of imidazole rings is 1. The molecule has 6 nitrogen and oxygen atoms in total. The SMILES string of the molecule is CCn1nc(C)c2[nH]c(=S)n(C(C)C(=O)OC)c21. The first-order valence-electron chi connectivity index (χ1n) is 5.76. The lowest BCUT2D eigenvalue weighted by atomic mass is 10.3. The third-order valence-electron chi connectivity index (χ3n) is 3.01. The Morgan fingerprint density at radius 3 is 2.83 bits per heavy atom. The van der Waals surface area contributed by atoms with E-state index in [0.29, 0.717) is 11.3 Å². The number of ether oxygens (including phenoxy) is 1. The van der Waals surface area contributed by atoms with E-state index < -0.39 is 6.04 Å². The van der Waals surface area contributed by atoms with E-state index in [2.05, 4.69) is 10.1 Å². The van der Waals surface area contributed by atoms with E-state index >= 15 is 0 Å². The largest absolute Gasteiger partial charge is 0.467 e. The number of esters is 1. The molecular weight excluding hydrogens is 252 g/mol. The van der Waals surface area contributed by atoms with Crippen molar-refractivity contribution < 1.29 is 9.53 Å². The molecule has 0 aromatic carbocycles. The number of aryl methyl sites for hydroxylation is 2. The van der Waals surface area contributed by atoms with Crippen LogP contribution in [-0.2, 0) is 16.1 Å². The predicted molar refractivity (Wildman–Crippen MR) is 70.0 cm³/mol. The Kier molecular flexibility index (Phi) is 3.25. The van der Waals surface area contributed by atoms with Gasteiger partial charge < -0.3 is 9.72 Å². The van der Waals surface area contributed by atoms with Crippen LogP contribution in [-0.4, -0.2) is 32.4 Å². The van der Waals surface area contributed by atoms with Crippen LogP contribution in [0.2, 0.25) is 0 Å². The van der Waals surface area contributed by atoms with E-state index in [1.165, 1.54) is 7.11 Å². The van der Waals surface area contributed by atoms with Crippen molar-refractivity contribution >= 4 is 29.4 Å². The van der Waals surface area contributed by atoms with Gasteiger partial charge in [0.2, 0.25) is 0 Å². The number of aromatic nitrogens is 4. The molecule has 0 aliphatic heterocycles. The molecule has 2 aromatic heterocycles. The minimum atomic E-state index is -0.474. The molecule has 0 aliphatic rings. The summed E-state index contributed by atoms with van der Waals surface area (Å²) in [6.45, 7) is 6.38. The van der Waals surface area contributed by atoms with Crippen molar-refractivity contribution in [2.45, 2.75) is 33.4 Å². The highest BCUT2D eigenvalue weighted by Gasteiger charge is 2.22. The van der Waals surface area contributed by atoms with Gasteiger partial charge in [-0.25, -0.2) is 9.48 Å². The van der Waals surface area contributed by atoms with Gasteiger partial charge in [0, 0.05) is 6.54 Å². The number of nitrogens with zero attached hydrogens (tertiary/aromatic N) is 3. The van der Waals surface area contributed by atoms with E-state index in [1.807, 2.05) is 18.5 Å². The van der Waals surface area contributed by atoms with Crippen molar-refractivity contribution in [3.05, 3.63) is 10.5 Å². The monoisotopic (exact) mass is 268 g/mol. The van der Waals surface area contributed by atoms with Crippen LogP contribution in [0.15, 0.2) is 0 Å². The number of carbonyl (C=O) groups excluding carboxylic acids is 1. The summed E-state index contributed by atoms with van der Waals surface area (Å²) in [4.78, 5) is 14.8. The van der Waals surface area contributed by atoms with E-state index in [1.54, 1.807) is 11.5 Å². The molecule has 0 saturated heterocycles. The number of nitrogens with one attached hydrogen (secondary N) is 1. The summed E-state index contributed by atoms with van der Waals surface area (Å²) < 4.78 is 8.86. The molecule has 0 radical (unpaired) electrons. The summed E-state index contributed by atoms with van der Waals surface area (Å²) in [6.07, 6.45) is 0. The molecule has 1 unspecified atom stereocenters. The quantitative estimate of drug-likeness (QED) is 0.682. The molecule has 2 aromatic rings. The van der Waals surface area contributed by atoms with Gasteiger partial charge in [0.1, 0.15) is 11.6 Å². The number of fused-ring (bicyclic) bond motifs is 1. The van der Waals surface area contributed by atoms with Gasteiger partial charge in [0.15, 0.2) is 10.4 Å². The van der Waals surface area contributed by atoms with Crippen molar-refractivity contribution in [2.75, 3.05) is 7.11 Å². The number of H-pyrrole nitrogens is 1. The molecule has 0 saturated carbocycles. The summed E-state index contributed by atoms with van der Waals surface area (Å²) in [5.74, 6) is -0.325. The van der Waals surface area contributed by atoms with Crippen molar-refractivity contribution in [2.24, 2.45) is 0 Å². The molecule has 98 valence electrons. The molecule has 0 fully saturated rings. The van der Waals surface area contributed by atoms with E-state index in [9.17, 15) is 4.79 Å². The third kappa shape index (κ3) is 1.74. The highest BCUT2D eigenvalue weighted by atomic mass is 32.1. The fourth-order valence-corrected chi connectivity index (χ4v) is 2.43. The maximum Gasteiger partial charge on any atom is 0.328 e. The smallest absolute Gasteiger partial charge is 0.328 e. The van der Waals surface area contributed by atoms with Crippen LogP contribution in [0.3, 0.4) is 0 Å². The topological polar surface area (TPSA) is 64.8 Å². The van der Waals surface area contributed by atoms with E-state index in [4.69, 9.17) is 17.0 Å². The fraction of sp³-hybridized carbons (Fsp3) is 0.545. The Labute approximate surface area is 110 Å². The highest BCUT2D eigenvalue weighted by molar-refractivity contribution is 7.71. The van der Waals surface area contributed by atoms with Crippen LogP contribution >= 0.6 is 12.2 Å². The molecule has 0 spiro atoms. The first-order chi connectivity index (χ1) is 8.51. The standard InChI is InChI=1S/C11H16N4O2S/c1-5-14-9-8(6(2)13-14)12-11(18)15(9)7(3)10(16)17-4/h7H,5H2,1-4H3,(H,12,18). The van der Waals surface area contributed by atoms with Crippen LogP contribution in [0, 0.1) is 11.7 Å². The van der Waals surface area contributed by atoms with Crippen molar-refractivity contribution in [3.8, 4) is 0 Å². The number of aromatic amines is 1. The normalized spacial score (nSPS) is 12.9. The Morgan fingerprint density at radius 2 is 2.28 bits per heavy atom. The number of hydrogen-bond donors (Lipinski definition) is 1. The van der Waals surface area contributed by atoms with E-state index in [0.717, 1.165) is 16.9 Å². The Balaban J connectivity index is 2.73. The second-order valence-electron chi connectivity index (χ2n) is 4.10. The second kappa shape index (κ2) is 4.56. The lowest BCUT2D eigenvalue weighted by Crippen LogP contribution is -2.19. The summed E-state index contributed by atoms with van der Waals surface area (Å²) >= 11 is 5.28. The lowest BCUT2D eigenvalue weighted by Gasteiger charge is -2.12. The minimum absolute atomic E-state index is 0.325. The molecule has 0 bridgehead atoms. The van der Waals surface area contributed by atoms with Gasteiger partial charge in [0.25, 0.3) is 0 Å². The summed E-state index contributed by atoms with van der Waals surface area (Å²) in [5.41, 5.74) is 2.57. The summed E-state index contributed by atoms with van der Waals surface area (Å²) in [7, 11) is 1.37. The van der Waals surface area contributed by atoms with Crippen molar-refractivity contribution in [1.82, 2.24) is 19.3 Å². The summed E-state index contributed by atoms with van der Waals surface area (Å²) in [6, 6.07) is -0.474. The molecule has 2 heterocycles. The summed E-state index contributed by atoms with van der Waals surface area (Å²) in [5, 5.41) is 4.40. The zero-order chi connectivity index (χ0) is 13.4. The van der Waals surface area contributed by atoms with Crippen LogP contribution < -0.4 is 0 Å². The van der Waals surface area contributed by atoms with Gasteiger partial charge in [-0.05, 0) is 33.0 Å². The maximum absolute atomic E-state index is 11.7. The average Bonchev–Trinajstić information content (AvgIpc) is 2.84. The fourth-order valence-electron chi connectivity index (χ4n) is 2.08. The lowest BCUT2D eigenvalue weighted by molar-refractivity contribution is -0.143. The van der Waals surface area contributed by atoms with Gasteiger partial charge >= 0.3 is 5.97 Å². The minimum Gasteiger partial charge on any atom is -0.467 e. The molecule has 18 heavy (non-hydrogen) atoms. The van der Waals surface area contributed by atoms with Gasteiger partial charge in [-0.2, -0.15) is 5.10 Å². The molecule has 7 heteroatoms. The second-order valence-corrected chi connectivity index (χ2v) is 4.49. The molecule has 1 N–H and O–H groups in total. The van der Waals surface area contributed by atoms with Gasteiger partial charge in [-0.15, -0.1) is 0 Å². The third-order valence-corrected chi connectivity index (χ3v) is 3.31. The van der Waals surface area contributed by atoms with Crippen LogP contribution in [0.5, 0.6) is 0 Å². The van der Waals surface area contributed by atoms with E-state index in [-0.39, 0.29) is 5.97 Å². The van der Waals surface area contributed by atoms with Crippen molar-refractivity contribution in [1.29, 1.82) is 0 Å². The predicted octanol–water partition coefficient (Wildman–Crippen LogP) is 1.96. The zero-order valence-electron chi connectivity index (χ0n) is 10.9. The zero-order valence-corrected chi connectivity index (χ0v) is 11.7. The maximum atomic E-state index is 11.7. The Hall–Kier alpha value is -1.63. The number of rotatable bonds is 3. The van der Waals surface area contributed by atoms with Gasteiger partial charge in [0.05, 0.1) is 12.8 Å². The first-order valence-corrected chi connectivity index (χ1v) is 6.17. The van der Waals surface area contributed by atoms with Gasteiger partial charge in [-0.1, -0.05) is 0 Å². The number of carbonyl (C=O) groups is 1. The molecule has 1 atom stereocenters. The Morgan fingerprint density at radius 1 is 1.61 bits per heavy atom. The molecule has 2 rings (SSSR count). The molecule has 0 amide bonds.